The van der Waals surface area contributed by atoms with Gasteiger partial charge in [-0.1, -0.05) is 109 Å². The molecule has 6 heteroatoms. The first kappa shape index (κ1) is 33.5. The molecule has 0 spiro atoms. The van der Waals surface area contributed by atoms with Gasteiger partial charge in [0.05, 0.1) is 0 Å². The Labute approximate surface area is 304 Å². The molecule has 8 rings (SSSR count). The molecule has 1 atom stereocenters. The first-order valence-electron chi connectivity index (χ1n) is 17.4. The van der Waals surface area contributed by atoms with Crippen molar-refractivity contribution in [2.45, 2.75) is 48.5 Å². The lowest BCUT2D eigenvalue weighted by Gasteiger charge is -2.26. The smallest absolute Gasteiger partial charge is 0.231 e. The molecule has 0 aromatic heterocycles. The van der Waals surface area contributed by atoms with Crippen molar-refractivity contribution < 1.29 is 18.9 Å². The number of ether oxygens (including phenoxy) is 4. The minimum Gasteiger partial charge on any atom is -0.454 e. The highest BCUT2D eigenvalue weighted by Gasteiger charge is 2.33. The zero-order chi connectivity index (χ0) is 35.4. The Morgan fingerprint density at radius 3 is 1.45 bits per heavy atom. The van der Waals surface area contributed by atoms with Crippen LogP contribution in [-0.4, -0.2) is 13.6 Å². The second kappa shape index (κ2) is 13.5. The van der Waals surface area contributed by atoms with Crippen LogP contribution < -0.4 is 45.5 Å². The lowest BCUT2D eigenvalue weighted by Crippen LogP contribution is -2.24. The normalized spacial score (nSPS) is 13.2. The first-order valence-corrected chi connectivity index (χ1v) is 19.7. The average Bonchev–Trinajstić information content (AvgIpc) is 3.74. The van der Waals surface area contributed by atoms with E-state index >= 15 is 0 Å². The van der Waals surface area contributed by atoms with Crippen molar-refractivity contribution in [3.05, 3.63) is 136 Å². The van der Waals surface area contributed by atoms with Crippen molar-refractivity contribution in [2.24, 2.45) is 0 Å². The van der Waals surface area contributed by atoms with Crippen LogP contribution in [0.4, 0.5) is 0 Å². The highest BCUT2D eigenvalue weighted by molar-refractivity contribution is 7.80. The molecule has 6 aromatic carbocycles. The van der Waals surface area contributed by atoms with Crippen molar-refractivity contribution in [1.29, 1.82) is 0 Å². The molecule has 0 aliphatic carbocycles. The summed E-state index contributed by atoms with van der Waals surface area (Å²) in [5.41, 5.74) is 13.3. The molecular formula is C45H42O4P2. The Hall–Kier alpha value is -4.62. The van der Waals surface area contributed by atoms with Crippen LogP contribution in [0.1, 0.15) is 38.9 Å². The van der Waals surface area contributed by atoms with Crippen LogP contribution in [0.3, 0.4) is 0 Å². The molecule has 4 nitrogen and oxygen atoms in total. The summed E-state index contributed by atoms with van der Waals surface area (Å²) >= 11 is 0. The van der Waals surface area contributed by atoms with Crippen LogP contribution in [0.2, 0.25) is 0 Å². The van der Waals surface area contributed by atoms with Gasteiger partial charge in [-0.15, -0.1) is 0 Å². The standard InChI is InChI=1S/C45H42O4P2/c1-26-12-27(2)16-33(15-26)34-17-32(7)18-35(23-34)50-40-10-8-38-44(48-24-46-38)42(40)43-41(11-9-39-45(43)49-25-47-39)51(36-19-28(3)13-29(4)20-36)37-21-30(5)14-31(6)22-37/h8-23,50H,24-25H2,1-7H3. The van der Waals surface area contributed by atoms with Crippen molar-refractivity contribution in [3.8, 4) is 45.3 Å². The quantitative estimate of drug-likeness (QED) is 0.155. The fraction of sp³-hybridized carbons (Fsp3) is 0.200. The summed E-state index contributed by atoms with van der Waals surface area (Å²) in [6, 6.07) is 36.3. The molecule has 1 unspecified atom stereocenters. The highest BCUT2D eigenvalue weighted by Crippen LogP contribution is 2.52. The van der Waals surface area contributed by atoms with E-state index in [4.69, 9.17) is 18.9 Å². The van der Waals surface area contributed by atoms with Gasteiger partial charge in [0.2, 0.25) is 13.6 Å². The second-order valence-electron chi connectivity index (χ2n) is 14.0. The van der Waals surface area contributed by atoms with Crippen LogP contribution >= 0.6 is 16.5 Å². The predicted molar refractivity (Wildman–Crippen MR) is 215 cm³/mol. The zero-order valence-corrected chi connectivity index (χ0v) is 32.1. The van der Waals surface area contributed by atoms with E-state index in [0.717, 1.165) is 34.1 Å². The largest absolute Gasteiger partial charge is 0.454 e. The average molecular weight is 709 g/mol. The maximum atomic E-state index is 6.42. The van der Waals surface area contributed by atoms with E-state index in [2.05, 4.69) is 146 Å². The maximum Gasteiger partial charge on any atom is 0.231 e. The number of aryl methyl sites for hydroxylation is 7. The lowest BCUT2D eigenvalue weighted by molar-refractivity contribution is 0.173. The molecule has 2 aliphatic rings. The van der Waals surface area contributed by atoms with Crippen LogP contribution in [0.15, 0.2) is 97.1 Å². The Morgan fingerprint density at radius 2 is 0.902 bits per heavy atom. The minimum absolute atomic E-state index is 0.179. The van der Waals surface area contributed by atoms with E-state index in [9.17, 15) is 0 Å². The molecule has 0 radical (unpaired) electrons. The summed E-state index contributed by atoms with van der Waals surface area (Å²) in [4.78, 5) is 0. The van der Waals surface area contributed by atoms with Gasteiger partial charge < -0.3 is 18.9 Å². The SMILES string of the molecule is Cc1cc(C)cc(-c2cc(C)cc(Pc3ccc4c(c3-c3c(P(c5cc(C)cc(C)c5)c5cc(C)cc(C)c5)ccc5c3OCO5)OCO4)c2)c1. The first-order chi connectivity index (χ1) is 24.6. The van der Waals surface area contributed by atoms with E-state index in [1.54, 1.807) is 0 Å². The topological polar surface area (TPSA) is 36.9 Å². The summed E-state index contributed by atoms with van der Waals surface area (Å²) in [7, 11) is -0.654. The second-order valence-corrected chi connectivity index (χ2v) is 17.6. The molecule has 2 aliphatic heterocycles. The lowest BCUT2D eigenvalue weighted by atomic mass is 9.99. The molecule has 51 heavy (non-hydrogen) atoms. The molecule has 2 heterocycles. The van der Waals surface area contributed by atoms with E-state index in [1.165, 1.54) is 76.6 Å². The van der Waals surface area contributed by atoms with E-state index in [1.807, 2.05) is 0 Å². The Morgan fingerprint density at radius 1 is 0.451 bits per heavy atom. The van der Waals surface area contributed by atoms with Crippen LogP contribution in [-0.2, 0) is 0 Å². The van der Waals surface area contributed by atoms with Crippen molar-refractivity contribution in [1.82, 2.24) is 0 Å². The van der Waals surface area contributed by atoms with Gasteiger partial charge >= 0.3 is 0 Å². The maximum absolute atomic E-state index is 6.42. The monoisotopic (exact) mass is 708 g/mol. The van der Waals surface area contributed by atoms with Gasteiger partial charge in [-0.05, 0) is 130 Å². The third-order valence-electron chi connectivity index (χ3n) is 9.39. The number of fused-ring (bicyclic) bond motifs is 2. The zero-order valence-electron chi connectivity index (χ0n) is 30.2. The summed E-state index contributed by atoms with van der Waals surface area (Å²) in [6.07, 6.45) is 0. The van der Waals surface area contributed by atoms with Crippen LogP contribution in [0.25, 0.3) is 22.3 Å². The van der Waals surface area contributed by atoms with Crippen molar-refractivity contribution in [3.63, 3.8) is 0 Å². The van der Waals surface area contributed by atoms with Gasteiger partial charge in [-0.2, -0.15) is 0 Å². The van der Waals surface area contributed by atoms with Gasteiger partial charge in [-0.25, -0.2) is 0 Å². The van der Waals surface area contributed by atoms with E-state index < -0.39 is 7.92 Å². The van der Waals surface area contributed by atoms with Gasteiger partial charge in [-0.3, -0.25) is 0 Å². The third-order valence-corrected chi connectivity index (χ3v) is 13.1. The van der Waals surface area contributed by atoms with Gasteiger partial charge in [0.1, 0.15) is 0 Å². The Balaban J connectivity index is 1.37. The highest BCUT2D eigenvalue weighted by atomic mass is 31.1. The van der Waals surface area contributed by atoms with Crippen molar-refractivity contribution >= 4 is 43.0 Å². The fourth-order valence-corrected chi connectivity index (χ4v) is 11.8. The molecule has 0 saturated carbocycles. The molecule has 0 amide bonds. The molecule has 0 fully saturated rings. The predicted octanol–water partition coefficient (Wildman–Crippen LogP) is 9.02. The molecule has 6 aromatic rings. The third kappa shape index (κ3) is 6.64. The van der Waals surface area contributed by atoms with E-state index in [-0.39, 0.29) is 13.6 Å². The number of hydrogen-bond acceptors (Lipinski definition) is 4. The number of rotatable bonds is 7. The molecule has 0 saturated heterocycles. The number of hydrogen-bond donors (Lipinski definition) is 0. The van der Waals surface area contributed by atoms with Gasteiger partial charge in [0, 0.05) is 11.1 Å². The number of benzene rings is 6. The van der Waals surface area contributed by atoms with Crippen LogP contribution in [0, 0.1) is 48.5 Å². The molecular weight excluding hydrogens is 666 g/mol. The molecule has 256 valence electrons. The van der Waals surface area contributed by atoms with Crippen molar-refractivity contribution in [2.75, 3.05) is 13.6 Å². The summed E-state index contributed by atoms with van der Waals surface area (Å²) < 4.78 is 24.9. The van der Waals surface area contributed by atoms with Crippen LogP contribution in [0.5, 0.6) is 23.0 Å². The van der Waals surface area contributed by atoms with Gasteiger partial charge in [0.15, 0.2) is 23.0 Å². The van der Waals surface area contributed by atoms with E-state index in [0.29, 0.717) is 8.58 Å². The van der Waals surface area contributed by atoms with Gasteiger partial charge in [0.25, 0.3) is 0 Å². The summed E-state index contributed by atoms with van der Waals surface area (Å²) in [6.45, 7) is 15.6. The molecule has 0 bridgehead atoms. The Bertz CT molecular complexity index is 2230. The minimum atomic E-state index is -1.02. The summed E-state index contributed by atoms with van der Waals surface area (Å²) in [5.74, 6) is 3.04. The Kier molecular flexibility index (Phi) is 8.87. The summed E-state index contributed by atoms with van der Waals surface area (Å²) in [5, 5.41) is 6.26. The fourth-order valence-electron chi connectivity index (χ4n) is 7.62. The molecule has 0 N–H and O–H groups in total.